The maximum Gasteiger partial charge on any atom is -0.00130 e. The van der Waals surface area contributed by atoms with E-state index in [9.17, 15) is 0 Å². The van der Waals surface area contributed by atoms with E-state index in [-0.39, 0.29) is 0 Å². The van der Waals surface area contributed by atoms with Gasteiger partial charge in [-0.15, -0.1) is 0 Å². The van der Waals surface area contributed by atoms with Gasteiger partial charge < -0.3 is 0 Å². The summed E-state index contributed by atoms with van der Waals surface area (Å²) in [5, 5.41) is 5.23. The van der Waals surface area contributed by atoms with Gasteiger partial charge in [0.05, 0.1) is 0 Å². The van der Waals surface area contributed by atoms with Crippen molar-refractivity contribution in [3.05, 3.63) is 131 Å². The summed E-state index contributed by atoms with van der Waals surface area (Å²) in [5.74, 6) is 0. The molecule has 0 aromatic heterocycles. The van der Waals surface area contributed by atoms with Gasteiger partial charge in [0.2, 0.25) is 0 Å². The van der Waals surface area contributed by atoms with Crippen LogP contribution >= 0.6 is 0 Å². The van der Waals surface area contributed by atoms with Crippen molar-refractivity contribution in [1.82, 2.24) is 0 Å². The Morgan fingerprint density at radius 2 is 0.931 bits per heavy atom. The Labute approximate surface area is 170 Å². The zero-order chi connectivity index (χ0) is 19.2. The van der Waals surface area contributed by atoms with Gasteiger partial charge >= 0.3 is 0 Å². The number of hydrogen-bond donors (Lipinski definition) is 0. The number of fused-ring (bicyclic) bond motifs is 4. The minimum atomic E-state index is 0.979. The van der Waals surface area contributed by atoms with Crippen molar-refractivity contribution in [1.29, 1.82) is 0 Å². The molecule has 0 heteroatoms. The van der Waals surface area contributed by atoms with Crippen LogP contribution in [0.5, 0.6) is 0 Å². The highest BCUT2D eigenvalue weighted by molar-refractivity contribution is 6.01. The maximum absolute atomic E-state index is 2.38. The van der Waals surface area contributed by atoms with Gasteiger partial charge in [0.25, 0.3) is 0 Å². The molecule has 1 aliphatic carbocycles. The predicted octanol–water partition coefficient (Wildman–Crippen LogP) is 7.49. The van der Waals surface area contributed by atoms with Crippen molar-refractivity contribution >= 4 is 33.2 Å². The van der Waals surface area contributed by atoms with Crippen LogP contribution < -0.4 is 0 Å². The molecule has 1 aliphatic rings. The van der Waals surface area contributed by atoms with Crippen LogP contribution in [0.25, 0.3) is 33.2 Å². The summed E-state index contributed by atoms with van der Waals surface area (Å²) in [6, 6.07) is 37.5. The molecule has 0 heterocycles. The van der Waals surface area contributed by atoms with Crippen LogP contribution in [0.4, 0.5) is 0 Å². The lowest BCUT2D eigenvalue weighted by atomic mass is 9.79. The molecule has 0 unspecified atom stereocenters. The van der Waals surface area contributed by atoms with Gasteiger partial charge in [0.1, 0.15) is 0 Å². The molecule has 0 nitrogen and oxygen atoms in total. The molecule has 29 heavy (non-hydrogen) atoms. The van der Waals surface area contributed by atoms with Crippen LogP contribution in [-0.2, 0) is 6.42 Å². The van der Waals surface area contributed by atoms with Gasteiger partial charge in [-0.3, -0.25) is 0 Å². The molecule has 136 valence electrons. The summed E-state index contributed by atoms with van der Waals surface area (Å²) < 4.78 is 0. The SMILES string of the molecule is C(=C1c2cc3ccccc3cc2Cc2cc3ccccc3cc21)c1ccccc1. The van der Waals surface area contributed by atoms with Crippen LogP contribution in [0.2, 0.25) is 0 Å². The molecule has 0 saturated heterocycles. The quantitative estimate of drug-likeness (QED) is 0.282. The molecule has 0 radical (unpaired) electrons. The molecule has 6 rings (SSSR count). The molecule has 5 aromatic rings. The van der Waals surface area contributed by atoms with Crippen LogP contribution in [0.3, 0.4) is 0 Å². The topological polar surface area (TPSA) is 0 Å². The van der Waals surface area contributed by atoms with E-state index in [2.05, 4.69) is 109 Å². The third kappa shape index (κ3) is 2.77. The van der Waals surface area contributed by atoms with Crippen molar-refractivity contribution in [2.75, 3.05) is 0 Å². The number of rotatable bonds is 1. The fourth-order valence-corrected chi connectivity index (χ4v) is 4.59. The van der Waals surface area contributed by atoms with Gasteiger partial charge in [-0.2, -0.15) is 0 Å². The molecular formula is C29H20. The van der Waals surface area contributed by atoms with E-state index < -0.39 is 0 Å². The summed E-state index contributed by atoms with van der Waals surface area (Å²) in [6.07, 6.45) is 3.33. The summed E-state index contributed by atoms with van der Waals surface area (Å²) in [5.41, 5.74) is 8.10. The van der Waals surface area contributed by atoms with E-state index in [1.807, 2.05) is 0 Å². The summed E-state index contributed by atoms with van der Waals surface area (Å²) in [4.78, 5) is 0. The molecule has 0 spiro atoms. The molecular weight excluding hydrogens is 348 g/mol. The Kier molecular flexibility index (Phi) is 3.64. The average molecular weight is 368 g/mol. The third-order valence-corrected chi connectivity index (χ3v) is 6.01. The van der Waals surface area contributed by atoms with Gasteiger partial charge in [0.15, 0.2) is 0 Å². The lowest BCUT2D eigenvalue weighted by molar-refractivity contribution is 1.15. The van der Waals surface area contributed by atoms with E-state index in [1.165, 1.54) is 54.9 Å². The summed E-state index contributed by atoms with van der Waals surface area (Å²) >= 11 is 0. The Hall–Kier alpha value is -3.64. The molecule has 5 aromatic carbocycles. The largest absolute Gasteiger partial charge is 0.0622 e. The molecule has 0 bridgehead atoms. The Morgan fingerprint density at radius 1 is 0.483 bits per heavy atom. The third-order valence-electron chi connectivity index (χ3n) is 6.01. The first kappa shape index (κ1) is 16.3. The minimum Gasteiger partial charge on any atom is -0.0622 e. The second-order valence-corrected chi connectivity index (χ2v) is 7.86. The lowest BCUT2D eigenvalue weighted by Crippen LogP contribution is -2.07. The molecule has 0 aliphatic heterocycles. The fraction of sp³-hybridized carbons (Fsp3) is 0.0345. The van der Waals surface area contributed by atoms with Gasteiger partial charge in [-0.05, 0) is 79.6 Å². The van der Waals surface area contributed by atoms with Crippen molar-refractivity contribution in [2.24, 2.45) is 0 Å². The van der Waals surface area contributed by atoms with Crippen LogP contribution in [0.1, 0.15) is 27.8 Å². The van der Waals surface area contributed by atoms with E-state index in [0.717, 1.165) is 6.42 Å². The standard InChI is InChI=1S/C29H20/c1-2-8-20(9-3-1)14-29-27-18-23-12-6-4-10-21(23)15-25(27)17-26-16-22-11-5-7-13-24(22)19-28(26)29/h1-16,18-19H,17H2. The summed E-state index contributed by atoms with van der Waals surface area (Å²) in [7, 11) is 0. The van der Waals surface area contributed by atoms with Crippen molar-refractivity contribution in [3.63, 3.8) is 0 Å². The molecule has 0 amide bonds. The zero-order valence-corrected chi connectivity index (χ0v) is 16.1. The highest BCUT2D eigenvalue weighted by Gasteiger charge is 2.21. The molecule has 0 fully saturated rings. The lowest BCUT2D eigenvalue weighted by Gasteiger charge is -2.24. The highest BCUT2D eigenvalue weighted by Crippen LogP contribution is 2.40. The molecule has 0 atom stereocenters. The molecule has 0 N–H and O–H groups in total. The smallest absolute Gasteiger partial charge is 0.00130 e. The Bertz CT molecular complexity index is 1320. The normalized spacial score (nSPS) is 12.6. The van der Waals surface area contributed by atoms with E-state index in [4.69, 9.17) is 0 Å². The second-order valence-electron chi connectivity index (χ2n) is 7.86. The van der Waals surface area contributed by atoms with E-state index in [0.29, 0.717) is 0 Å². The van der Waals surface area contributed by atoms with Crippen molar-refractivity contribution in [3.8, 4) is 0 Å². The van der Waals surface area contributed by atoms with Gasteiger partial charge in [0, 0.05) is 0 Å². The van der Waals surface area contributed by atoms with Crippen LogP contribution in [-0.4, -0.2) is 0 Å². The van der Waals surface area contributed by atoms with Gasteiger partial charge in [-0.25, -0.2) is 0 Å². The number of hydrogen-bond acceptors (Lipinski definition) is 0. The van der Waals surface area contributed by atoms with Gasteiger partial charge in [-0.1, -0.05) is 91.0 Å². The maximum atomic E-state index is 2.38. The van der Waals surface area contributed by atoms with E-state index >= 15 is 0 Å². The second kappa shape index (κ2) is 6.46. The first-order valence-corrected chi connectivity index (χ1v) is 10.2. The first-order chi connectivity index (χ1) is 14.3. The van der Waals surface area contributed by atoms with E-state index in [1.54, 1.807) is 0 Å². The Morgan fingerprint density at radius 3 is 1.45 bits per heavy atom. The Balaban J connectivity index is 1.67. The highest BCUT2D eigenvalue weighted by atomic mass is 14.2. The zero-order valence-electron chi connectivity index (χ0n) is 16.1. The summed E-state index contributed by atoms with van der Waals surface area (Å²) in [6.45, 7) is 0. The van der Waals surface area contributed by atoms with Crippen molar-refractivity contribution < 1.29 is 0 Å². The van der Waals surface area contributed by atoms with Crippen LogP contribution in [0, 0.1) is 0 Å². The monoisotopic (exact) mass is 368 g/mol. The first-order valence-electron chi connectivity index (χ1n) is 10.2. The fourth-order valence-electron chi connectivity index (χ4n) is 4.59. The predicted molar refractivity (Wildman–Crippen MR) is 124 cm³/mol. The molecule has 0 saturated carbocycles. The number of benzene rings is 5. The van der Waals surface area contributed by atoms with Crippen molar-refractivity contribution in [2.45, 2.75) is 6.42 Å². The minimum absolute atomic E-state index is 0.979. The average Bonchev–Trinajstić information content (AvgIpc) is 2.77. The van der Waals surface area contributed by atoms with Crippen LogP contribution in [0.15, 0.2) is 103 Å².